The third-order valence-corrected chi connectivity index (χ3v) is 4.69. The second-order valence-electron chi connectivity index (χ2n) is 5.00. The molecule has 1 aromatic heterocycles. The molecule has 0 spiro atoms. The molecule has 0 bridgehead atoms. The van der Waals surface area contributed by atoms with Crippen LogP contribution in [0.4, 0.5) is 0 Å². The number of hydrogen-bond donors (Lipinski definition) is 1. The molecule has 1 N–H and O–H groups in total. The van der Waals surface area contributed by atoms with Crippen molar-refractivity contribution in [3.63, 3.8) is 0 Å². The van der Waals surface area contributed by atoms with Crippen LogP contribution in [0.1, 0.15) is 11.4 Å². The van der Waals surface area contributed by atoms with Crippen molar-refractivity contribution in [1.82, 2.24) is 15.2 Å². The average molecular weight is 277 g/mol. The molecule has 1 saturated heterocycles. The quantitative estimate of drug-likeness (QED) is 0.928. The SMILES string of the molecule is COc1ccc2nc(CN(C)C3CCNC3)sc2c1. The molecular weight excluding hydrogens is 258 g/mol. The fourth-order valence-corrected chi connectivity index (χ4v) is 3.56. The Morgan fingerprint density at radius 3 is 3.16 bits per heavy atom. The number of nitrogens with zero attached hydrogens (tertiary/aromatic N) is 2. The van der Waals surface area contributed by atoms with Gasteiger partial charge in [-0.25, -0.2) is 4.98 Å². The Balaban J connectivity index is 1.77. The minimum absolute atomic E-state index is 0.640. The first-order valence-corrected chi connectivity index (χ1v) is 7.42. The Hall–Kier alpha value is -1.17. The lowest BCUT2D eigenvalue weighted by Crippen LogP contribution is -2.32. The molecule has 0 amide bonds. The standard InChI is InChI=1S/C14H19N3OS/c1-17(10-5-6-15-8-10)9-14-16-12-4-3-11(18-2)7-13(12)19-14/h3-4,7,10,15H,5-6,8-9H2,1-2H3. The van der Waals surface area contributed by atoms with E-state index in [1.165, 1.54) is 16.1 Å². The van der Waals surface area contributed by atoms with Gasteiger partial charge in [-0.3, -0.25) is 4.90 Å². The number of fused-ring (bicyclic) bond motifs is 1. The highest BCUT2D eigenvalue weighted by atomic mass is 32.1. The summed E-state index contributed by atoms with van der Waals surface area (Å²) in [5.74, 6) is 0.899. The minimum Gasteiger partial charge on any atom is -0.497 e. The molecule has 2 heterocycles. The van der Waals surface area contributed by atoms with Gasteiger partial charge in [0.25, 0.3) is 0 Å². The molecule has 19 heavy (non-hydrogen) atoms. The number of rotatable bonds is 4. The van der Waals surface area contributed by atoms with Crippen molar-refractivity contribution in [2.24, 2.45) is 0 Å². The van der Waals surface area contributed by atoms with Gasteiger partial charge in [-0.2, -0.15) is 0 Å². The highest BCUT2D eigenvalue weighted by Crippen LogP contribution is 2.27. The van der Waals surface area contributed by atoms with Gasteiger partial charge in [0.2, 0.25) is 0 Å². The second-order valence-corrected chi connectivity index (χ2v) is 6.12. The van der Waals surface area contributed by atoms with Crippen LogP contribution < -0.4 is 10.1 Å². The summed E-state index contributed by atoms with van der Waals surface area (Å²) >= 11 is 1.76. The summed E-state index contributed by atoms with van der Waals surface area (Å²) < 4.78 is 6.46. The molecule has 5 heteroatoms. The number of aromatic nitrogens is 1. The van der Waals surface area contributed by atoms with E-state index in [-0.39, 0.29) is 0 Å². The maximum absolute atomic E-state index is 5.25. The van der Waals surface area contributed by atoms with Gasteiger partial charge >= 0.3 is 0 Å². The van der Waals surface area contributed by atoms with Crippen molar-refractivity contribution < 1.29 is 4.74 Å². The Kier molecular flexibility index (Phi) is 3.68. The molecule has 2 aromatic rings. The first-order chi connectivity index (χ1) is 9.26. The highest BCUT2D eigenvalue weighted by Gasteiger charge is 2.20. The zero-order valence-corrected chi connectivity index (χ0v) is 12.2. The summed E-state index contributed by atoms with van der Waals surface area (Å²) in [5, 5.41) is 4.58. The Morgan fingerprint density at radius 2 is 2.42 bits per heavy atom. The molecule has 1 aromatic carbocycles. The predicted octanol–water partition coefficient (Wildman–Crippen LogP) is 2.10. The van der Waals surface area contributed by atoms with Gasteiger partial charge in [0.15, 0.2) is 0 Å². The summed E-state index contributed by atoms with van der Waals surface area (Å²) in [6.07, 6.45) is 1.23. The molecule has 1 atom stereocenters. The Labute approximate surface area is 117 Å². The van der Waals surface area contributed by atoms with Gasteiger partial charge < -0.3 is 10.1 Å². The van der Waals surface area contributed by atoms with Crippen LogP contribution in [0.3, 0.4) is 0 Å². The van der Waals surface area contributed by atoms with E-state index in [1.54, 1.807) is 18.4 Å². The number of likely N-dealkylation sites (N-methyl/N-ethyl adjacent to an activating group) is 1. The molecule has 4 nitrogen and oxygen atoms in total. The van der Waals surface area contributed by atoms with E-state index >= 15 is 0 Å². The third kappa shape index (κ3) is 2.73. The average Bonchev–Trinajstić information content (AvgIpc) is 3.06. The van der Waals surface area contributed by atoms with Crippen LogP contribution in [-0.2, 0) is 6.54 Å². The molecule has 1 unspecified atom stereocenters. The van der Waals surface area contributed by atoms with Gasteiger partial charge in [-0.1, -0.05) is 0 Å². The fraction of sp³-hybridized carbons (Fsp3) is 0.500. The maximum atomic E-state index is 5.25. The molecule has 1 fully saturated rings. The molecule has 1 aliphatic heterocycles. The van der Waals surface area contributed by atoms with E-state index in [0.29, 0.717) is 6.04 Å². The van der Waals surface area contributed by atoms with Crippen LogP contribution >= 0.6 is 11.3 Å². The summed E-state index contributed by atoms with van der Waals surface area (Å²) in [7, 11) is 3.88. The smallest absolute Gasteiger partial charge is 0.120 e. The van der Waals surface area contributed by atoms with Crippen molar-refractivity contribution in [1.29, 1.82) is 0 Å². The predicted molar refractivity (Wildman–Crippen MR) is 78.9 cm³/mol. The molecule has 102 valence electrons. The van der Waals surface area contributed by atoms with Gasteiger partial charge in [-0.15, -0.1) is 11.3 Å². The van der Waals surface area contributed by atoms with Gasteiger partial charge in [-0.05, 0) is 38.2 Å². The Bertz CT molecular complexity index is 563. The lowest BCUT2D eigenvalue weighted by Gasteiger charge is -2.21. The van der Waals surface area contributed by atoms with Gasteiger partial charge in [0.05, 0.1) is 23.9 Å². The normalized spacial score (nSPS) is 19.4. The molecular formula is C14H19N3OS. The van der Waals surface area contributed by atoms with Crippen molar-refractivity contribution in [3.05, 3.63) is 23.2 Å². The summed E-state index contributed by atoms with van der Waals surface area (Å²) in [4.78, 5) is 7.10. The lowest BCUT2D eigenvalue weighted by atomic mass is 10.2. The molecule has 0 radical (unpaired) electrons. The summed E-state index contributed by atoms with van der Waals surface area (Å²) in [5.41, 5.74) is 1.07. The van der Waals surface area contributed by atoms with Gasteiger partial charge in [0, 0.05) is 12.6 Å². The number of benzene rings is 1. The number of ether oxygens (including phenoxy) is 1. The van der Waals surface area contributed by atoms with Gasteiger partial charge in [0.1, 0.15) is 10.8 Å². The van der Waals surface area contributed by atoms with Crippen molar-refractivity contribution >= 4 is 21.6 Å². The van der Waals surface area contributed by atoms with Crippen LogP contribution in [0.2, 0.25) is 0 Å². The van der Waals surface area contributed by atoms with Crippen LogP contribution in [0.5, 0.6) is 5.75 Å². The lowest BCUT2D eigenvalue weighted by molar-refractivity contribution is 0.249. The van der Waals surface area contributed by atoms with Crippen LogP contribution in [0, 0.1) is 0 Å². The highest BCUT2D eigenvalue weighted by molar-refractivity contribution is 7.18. The summed E-state index contributed by atoms with van der Waals surface area (Å²) in [6, 6.07) is 6.71. The van der Waals surface area contributed by atoms with Crippen molar-refractivity contribution in [2.75, 3.05) is 27.2 Å². The number of nitrogens with one attached hydrogen (secondary N) is 1. The van der Waals surface area contributed by atoms with Crippen molar-refractivity contribution in [3.8, 4) is 5.75 Å². The monoisotopic (exact) mass is 277 g/mol. The zero-order valence-electron chi connectivity index (χ0n) is 11.3. The molecule has 0 aliphatic carbocycles. The minimum atomic E-state index is 0.640. The maximum Gasteiger partial charge on any atom is 0.120 e. The molecule has 1 aliphatic rings. The largest absolute Gasteiger partial charge is 0.497 e. The Morgan fingerprint density at radius 1 is 1.53 bits per heavy atom. The van der Waals surface area contributed by atoms with E-state index in [1.807, 2.05) is 12.1 Å². The van der Waals surface area contributed by atoms with E-state index in [2.05, 4.69) is 23.3 Å². The number of thiazole rings is 1. The van der Waals surface area contributed by atoms with Crippen molar-refractivity contribution in [2.45, 2.75) is 19.0 Å². The van der Waals surface area contributed by atoms with Crippen LogP contribution in [0.25, 0.3) is 10.2 Å². The number of hydrogen-bond acceptors (Lipinski definition) is 5. The summed E-state index contributed by atoms with van der Waals surface area (Å²) in [6.45, 7) is 3.15. The molecule has 3 rings (SSSR count). The zero-order chi connectivity index (χ0) is 13.2. The topological polar surface area (TPSA) is 37.4 Å². The van der Waals surface area contributed by atoms with E-state index in [4.69, 9.17) is 9.72 Å². The van der Waals surface area contributed by atoms with E-state index in [0.717, 1.165) is 30.9 Å². The first-order valence-electron chi connectivity index (χ1n) is 6.60. The third-order valence-electron chi connectivity index (χ3n) is 3.68. The molecule has 0 saturated carbocycles. The fourth-order valence-electron chi connectivity index (χ4n) is 2.51. The van der Waals surface area contributed by atoms with Crippen LogP contribution in [-0.4, -0.2) is 43.2 Å². The first kappa shape index (κ1) is 12.8. The van der Waals surface area contributed by atoms with E-state index < -0.39 is 0 Å². The van der Waals surface area contributed by atoms with E-state index in [9.17, 15) is 0 Å². The number of methoxy groups -OCH3 is 1. The van der Waals surface area contributed by atoms with Crippen LogP contribution in [0.15, 0.2) is 18.2 Å². The second kappa shape index (κ2) is 5.45.